The molecule has 1 atom stereocenters. The molecule has 0 aliphatic carbocycles. The van der Waals surface area contributed by atoms with Gasteiger partial charge in [0.15, 0.2) is 0 Å². The molecule has 0 saturated heterocycles. The molecular formula is C12H17Cl2F2N. The van der Waals surface area contributed by atoms with E-state index in [0.717, 1.165) is 31.4 Å². The van der Waals surface area contributed by atoms with Crippen LogP contribution < -0.4 is 5.73 Å². The molecule has 0 unspecified atom stereocenters. The first-order chi connectivity index (χ1) is 7.57. The van der Waals surface area contributed by atoms with Gasteiger partial charge in [0.25, 0.3) is 0 Å². The summed E-state index contributed by atoms with van der Waals surface area (Å²) >= 11 is 5.71. The van der Waals surface area contributed by atoms with Crippen LogP contribution in [0.2, 0.25) is 5.02 Å². The lowest BCUT2D eigenvalue weighted by molar-refractivity contribution is 0.529. The maximum atomic E-state index is 13.5. The van der Waals surface area contributed by atoms with Gasteiger partial charge in [0.1, 0.15) is 11.6 Å². The highest BCUT2D eigenvalue weighted by Gasteiger charge is 2.17. The molecule has 2 N–H and O–H groups in total. The molecule has 0 bridgehead atoms. The standard InChI is InChI=1S/C12H16ClF2N.ClH/c1-2-3-4-5-10(16)11-8(14)6-7-9(15)12(11)13;/h6-7,10H,2-5,16H2,1H3;1H/t10-;/m1./s1. The van der Waals surface area contributed by atoms with Gasteiger partial charge in [0.05, 0.1) is 5.02 Å². The van der Waals surface area contributed by atoms with Crippen LogP contribution in [0.15, 0.2) is 12.1 Å². The summed E-state index contributed by atoms with van der Waals surface area (Å²) in [4.78, 5) is 0. The Morgan fingerprint density at radius 3 is 2.41 bits per heavy atom. The molecule has 1 aromatic rings. The highest BCUT2D eigenvalue weighted by molar-refractivity contribution is 6.31. The van der Waals surface area contributed by atoms with E-state index >= 15 is 0 Å². The minimum Gasteiger partial charge on any atom is -0.324 e. The molecule has 0 fully saturated rings. The first-order valence-electron chi connectivity index (χ1n) is 5.46. The predicted molar refractivity (Wildman–Crippen MR) is 69.7 cm³/mol. The molecule has 0 aromatic heterocycles. The molecule has 1 aromatic carbocycles. The minimum atomic E-state index is -0.621. The molecule has 1 nitrogen and oxygen atoms in total. The largest absolute Gasteiger partial charge is 0.324 e. The summed E-state index contributed by atoms with van der Waals surface area (Å²) in [6.45, 7) is 2.07. The van der Waals surface area contributed by atoms with E-state index in [0.29, 0.717) is 6.42 Å². The van der Waals surface area contributed by atoms with Crippen LogP contribution in [0.3, 0.4) is 0 Å². The van der Waals surface area contributed by atoms with Crippen LogP contribution >= 0.6 is 24.0 Å². The van der Waals surface area contributed by atoms with Gasteiger partial charge < -0.3 is 5.73 Å². The Kier molecular flexibility index (Phi) is 7.68. The van der Waals surface area contributed by atoms with Gasteiger partial charge in [-0.25, -0.2) is 8.78 Å². The quantitative estimate of drug-likeness (QED) is 0.619. The second-order valence-corrected chi connectivity index (χ2v) is 4.24. The zero-order chi connectivity index (χ0) is 12.1. The van der Waals surface area contributed by atoms with Gasteiger partial charge in [0, 0.05) is 11.6 Å². The first kappa shape index (κ1) is 16.6. The molecular weight excluding hydrogens is 267 g/mol. The fraction of sp³-hybridized carbons (Fsp3) is 0.500. The lowest BCUT2D eigenvalue weighted by Crippen LogP contribution is -2.13. The van der Waals surface area contributed by atoms with E-state index in [-0.39, 0.29) is 23.0 Å². The van der Waals surface area contributed by atoms with Crippen molar-refractivity contribution in [1.29, 1.82) is 0 Å². The molecule has 0 aliphatic rings. The molecule has 0 spiro atoms. The summed E-state index contributed by atoms with van der Waals surface area (Å²) in [6.07, 6.45) is 3.60. The van der Waals surface area contributed by atoms with Crippen molar-refractivity contribution in [3.63, 3.8) is 0 Å². The van der Waals surface area contributed by atoms with E-state index < -0.39 is 17.7 Å². The Morgan fingerprint density at radius 2 is 1.82 bits per heavy atom. The maximum absolute atomic E-state index is 13.5. The zero-order valence-electron chi connectivity index (χ0n) is 9.68. The fourth-order valence-electron chi connectivity index (χ4n) is 1.64. The average molecular weight is 284 g/mol. The van der Waals surface area contributed by atoms with E-state index in [4.69, 9.17) is 17.3 Å². The third kappa shape index (κ3) is 4.41. The van der Waals surface area contributed by atoms with Crippen molar-refractivity contribution in [2.45, 2.75) is 38.6 Å². The molecule has 5 heteroatoms. The molecule has 1 rings (SSSR count). The molecule has 0 saturated carbocycles. The van der Waals surface area contributed by atoms with Crippen molar-refractivity contribution >= 4 is 24.0 Å². The molecule has 0 aliphatic heterocycles. The van der Waals surface area contributed by atoms with Crippen LogP contribution in [0, 0.1) is 11.6 Å². The van der Waals surface area contributed by atoms with E-state index in [1.807, 2.05) is 0 Å². The summed E-state index contributed by atoms with van der Waals surface area (Å²) in [7, 11) is 0. The van der Waals surface area contributed by atoms with E-state index in [1.54, 1.807) is 0 Å². The number of nitrogens with two attached hydrogens (primary N) is 1. The highest BCUT2D eigenvalue weighted by atomic mass is 35.5. The van der Waals surface area contributed by atoms with E-state index in [9.17, 15) is 8.78 Å². The van der Waals surface area contributed by atoms with Crippen LogP contribution in [-0.2, 0) is 0 Å². The van der Waals surface area contributed by atoms with Crippen molar-refractivity contribution in [2.75, 3.05) is 0 Å². The summed E-state index contributed by atoms with van der Waals surface area (Å²) < 4.78 is 26.6. The number of unbranched alkanes of at least 4 members (excludes halogenated alkanes) is 2. The van der Waals surface area contributed by atoms with Crippen molar-refractivity contribution in [1.82, 2.24) is 0 Å². The monoisotopic (exact) mass is 283 g/mol. The van der Waals surface area contributed by atoms with E-state index in [2.05, 4.69) is 6.92 Å². The number of hydrogen-bond donors (Lipinski definition) is 1. The Morgan fingerprint density at radius 1 is 1.24 bits per heavy atom. The lowest BCUT2D eigenvalue weighted by Gasteiger charge is -2.14. The lowest BCUT2D eigenvalue weighted by atomic mass is 10.0. The summed E-state index contributed by atoms with van der Waals surface area (Å²) in [5.41, 5.74) is 5.91. The highest BCUT2D eigenvalue weighted by Crippen LogP contribution is 2.29. The molecule has 17 heavy (non-hydrogen) atoms. The fourth-order valence-corrected chi connectivity index (χ4v) is 1.93. The summed E-state index contributed by atoms with van der Waals surface area (Å²) in [6, 6.07) is 1.55. The van der Waals surface area contributed by atoms with Crippen molar-refractivity contribution in [3.8, 4) is 0 Å². The van der Waals surface area contributed by atoms with Crippen molar-refractivity contribution in [3.05, 3.63) is 34.4 Å². The van der Waals surface area contributed by atoms with Gasteiger partial charge in [-0.05, 0) is 18.6 Å². The number of hydrogen-bond acceptors (Lipinski definition) is 1. The number of benzene rings is 1. The number of rotatable bonds is 5. The Bertz CT molecular complexity index is 359. The SMILES string of the molecule is CCCCC[C@@H](N)c1c(F)ccc(F)c1Cl.Cl. The smallest absolute Gasteiger partial charge is 0.142 e. The van der Waals surface area contributed by atoms with Gasteiger partial charge in [-0.15, -0.1) is 12.4 Å². The zero-order valence-corrected chi connectivity index (χ0v) is 11.3. The van der Waals surface area contributed by atoms with E-state index in [1.165, 1.54) is 0 Å². The van der Waals surface area contributed by atoms with Crippen LogP contribution in [0.25, 0.3) is 0 Å². The van der Waals surface area contributed by atoms with Gasteiger partial charge in [-0.3, -0.25) is 0 Å². The maximum Gasteiger partial charge on any atom is 0.142 e. The van der Waals surface area contributed by atoms with Crippen molar-refractivity contribution < 1.29 is 8.78 Å². The normalized spacial score (nSPS) is 12.1. The predicted octanol–water partition coefficient (Wildman–Crippen LogP) is 4.62. The topological polar surface area (TPSA) is 26.0 Å². The second-order valence-electron chi connectivity index (χ2n) is 3.86. The number of halogens is 4. The van der Waals surface area contributed by atoms with Crippen LogP contribution in [0.1, 0.15) is 44.2 Å². The van der Waals surface area contributed by atoms with Gasteiger partial charge in [0.2, 0.25) is 0 Å². The van der Waals surface area contributed by atoms with Crippen molar-refractivity contribution in [2.24, 2.45) is 5.73 Å². The second kappa shape index (κ2) is 7.85. The van der Waals surface area contributed by atoms with Crippen LogP contribution in [-0.4, -0.2) is 0 Å². The van der Waals surface area contributed by atoms with Gasteiger partial charge in [-0.1, -0.05) is 37.8 Å². The van der Waals surface area contributed by atoms with Gasteiger partial charge in [-0.2, -0.15) is 0 Å². The molecule has 0 heterocycles. The first-order valence-corrected chi connectivity index (χ1v) is 5.84. The molecule has 98 valence electrons. The molecule has 0 amide bonds. The Balaban J connectivity index is 0.00000256. The minimum absolute atomic E-state index is 0. The Hall–Kier alpha value is -0.380. The average Bonchev–Trinajstić information content (AvgIpc) is 2.24. The molecule has 0 radical (unpaired) electrons. The van der Waals surface area contributed by atoms with Crippen LogP contribution in [0.4, 0.5) is 8.78 Å². The third-order valence-corrected chi connectivity index (χ3v) is 2.95. The summed E-state index contributed by atoms with van der Waals surface area (Å²) in [5.74, 6) is -1.15. The summed E-state index contributed by atoms with van der Waals surface area (Å²) in [5, 5.41) is -0.191. The van der Waals surface area contributed by atoms with Crippen LogP contribution in [0.5, 0.6) is 0 Å². The van der Waals surface area contributed by atoms with Gasteiger partial charge >= 0.3 is 0 Å². The third-order valence-electron chi connectivity index (χ3n) is 2.57. The Labute approximate surface area is 112 Å².